The molecule has 2 aromatic rings. The van der Waals surface area contributed by atoms with Gasteiger partial charge in [0.15, 0.2) is 0 Å². The zero-order valence-electron chi connectivity index (χ0n) is 10.1. The van der Waals surface area contributed by atoms with Gasteiger partial charge in [-0.15, -0.1) is 22.9 Å². The molecule has 0 saturated carbocycles. The maximum atomic E-state index is 5.78. The fraction of sp³-hybridized carbons (Fsp3) is 0.308. The summed E-state index contributed by atoms with van der Waals surface area (Å²) in [6, 6.07) is 4.21. The van der Waals surface area contributed by atoms with Gasteiger partial charge in [-0.1, -0.05) is 6.07 Å². The largest absolute Gasteiger partial charge is 0.496 e. The fourth-order valence-corrected chi connectivity index (χ4v) is 2.94. The van der Waals surface area contributed by atoms with Gasteiger partial charge in [-0.05, 0) is 31.0 Å². The van der Waals surface area contributed by atoms with Crippen molar-refractivity contribution in [1.29, 1.82) is 0 Å². The molecular weight excluding hydrogens is 254 g/mol. The van der Waals surface area contributed by atoms with E-state index in [4.69, 9.17) is 16.3 Å². The van der Waals surface area contributed by atoms with E-state index in [0.717, 1.165) is 27.6 Å². The van der Waals surface area contributed by atoms with Crippen LogP contribution in [0.1, 0.15) is 16.8 Å². The average molecular weight is 268 g/mol. The van der Waals surface area contributed by atoms with Crippen LogP contribution in [-0.2, 0) is 5.88 Å². The van der Waals surface area contributed by atoms with E-state index in [1.165, 1.54) is 5.56 Å². The minimum Gasteiger partial charge on any atom is -0.496 e. The third-order valence-electron chi connectivity index (χ3n) is 2.54. The summed E-state index contributed by atoms with van der Waals surface area (Å²) < 4.78 is 5.46. The number of benzene rings is 1. The second-order valence-electron chi connectivity index (χ2n) is 3.94. The van der Waals surface area contributed by atoms with Gasteiger partial charge in [0.1, 0.15) is 10.8 Å². The second-order valence-corrected chi connectivity index (χ2v) is 5.07. The Hall–Kier alpha value is -1.06. The van der Waals surface area contributed by atoms with E-state index in [1.54, 1.807) is 18.4 Å². The molecule has 2 nitrogen and oxygen atoms in total. The molecule has 0 fully saturated rings. The monoisotopic (exact) mass is 267 g/mol. The number of rotatable bonds is 3. The lowest BCUT2D eigenvalue weighted by molar-refractivity contribution is 0.413. The van der Waals surface area contributed by atoms with Gasteiger partial charge in [0.2, 0.25) is 0 Å². The molecule has 0 amide bonds. The predicted octanol–water partition coefficient (Wildman–Crippen LogP) is 4.17. The lowest BCUT2D eigenvalue weighted by Crippen LogP contribution is -1.92. The Morgan fingerprint density at radius 1 is 1.35 bits per heavy atom. The van der Waals surface area contributed by atoms with Crippen molar-refractivity contribution in [2.45, 2.75) is 19.7 Å². The molecule has 0 N–H and O–H groups in total. The van der Waals surface area contributed by atoms with Crippen molar-refractivity contribution < 1.29 is 4.74 Å². The quantitative estimate of drug-likeness (QED) is 0.779. The van der Waals surface area contributed by atoms with Gasteiger partial charge in [-0.2, -0.15) is 0 Å². The summed E-state index contributed by atoms with van der Waals surface area (Å²) in [5.41, 5.74) is 4.30. The van der Waals surface area contributed by atoms with E-state index in [1.807, 2.05) is 12.3 Å². The summed E-state index contributed by atoms with van der Waals surface area (Å²) >= 11 is 7.38. The van der Waals surface area contributed by atoms with Crippen LogP contribution in [0, 0.1) is 13.8 Å². The van der Waals surface area contributed by atoms with Gasteiger partial charge >= 0.3 is 0 Å². The van der Waals surface area contributed by atoms with Crippen LogP contribution in [-0.4, -0.2) is 12.1 Å². The van der Waals surface area contributed by atoms with Gasteiger partial charge in [-0.3, -0.25) is 0 Å². The van der Waals surface area contributed by atoms with Crippen LogP contribution in [0.5, 0.6) is 5.75 Å². The average Bonchev–Trinajstić information content (AvgIpc) is 2.76. The minimum atomic E-state index is 0.448. The third-order valence-corrected chi connectivity index (χ3v) is 3.74. The van der Waals surface area contributed by atoms with Crippen LogP contribution in [0.25, 0.3) is 10.6 Å². The van der Waals surface area contributed by atoms with Crippen molar-refractivity contribution >= 4 is 22.9 Å². The van der Waals surface area contributed by atoms with Crippen molar-refractivity contribution in [3.8, 4) is 16.3 Å². The molecule has 1 heterocycles. The highest BCUT2D eigenvalue weighted by Crippen LogP contribution is 2.35. The first kappa shape index (κ1) is 12.4. The van der Waals surface area contributed by atoms with Crippen LogP contribution >= 0.6 is 22.9 Å². The first-order valence-electron chi connectivity index (χ1n) is 5.31. The highest BCUT2D eigenvalue weighted by Gasteiger charge is 2.13. The topological polar surface area (TPSA) is 22.1 Å². The summed E-state index contributed by atoms with van der Waals surface area (Å²) in [6.07, 6.45) is 0. The smallest absolute Gasteiger partial charge is 0.132 e. The molecule has 90 valence electrons. The summed E-state index contributed by atoms with van der Waals surface area (Å²) in [5.74, 6) is 1.34. The molecule has 1 aromatic carbocycles. The number of alkyl halides is 1. The molecule has 0 aliphatic heterocycles. The molecule has 4 heteroatoms. The molecule has 0 aliphatic carbocycles. The third kappa shape index (κ3) is 2.45. The van der Waals surface area contributed by atoms with E-state index in [2.05, 4.69) is 24.0 Å². The van der Waals surface area contributed by atoms with Crippen molar-refractivity contribution in [3.05, 3.63) is 34.3 Å². The van der Waals surface area contributed by atoms with Gasteiger partial charge in [-0.25, -0.2) is 4.98 Å². The SMILES string of the molecule is COc1c(C)cc(C)cc1-c1nc(CCl)cs1. The standard InChI is InChI=1S/C13H14ClNOS/c1-8-4-9(2)12(16-3)11(5-8)13-15-10(6-14)7-17-13/h4-5,7H,6H2,1-3H3. The Balaban J connectivity index is 2.57. The Kier molecular flexibility index (Phi) is 3.69. The lowest BCUT2D eigenvalue weighted by Gasteiger charge is -2.10. The summed E-state index contributed by atoms with van der Waals surface area (Å²) in [5, 5.41) is 2.95. The molecule has 0 bridgehead atoms. The molecule has 0 atom stereocenters. The van der Waals surface area contributed by atoms with E-state index in [-0.39, 0.29) is 0 Å². The zero-order valence-corrected chi connectivity index (χ0v) is 11.7. The lowest BCUT2D eigenvalue weighted by atomic mass is 10.1. The Morgan fingerprint density at radius 2 is 2.12 bits per heavy atom. The molecule has 0 spiro atoms. The van der Waals surface area contributed by atoms with E-state index in [0.29, 0.717) is 5.88 Å². The number of aryl methyl sites for hydroxylation is 2. The second kappa shape index (κ2) is 5.07. The van der Waals surface area contributed by atoms with Crippen molar-refractivity contribution in [2.24, 2.45) is 0 Å². The maximum Gasteiger partial charge on any atom is 0.132 e. The molecular formula is C13H14ClNOS. The van der Waals surface area contributed by atoms with E-state index < -0.39 is 0 Å². The van der Waals surface area contributed by atoms with Gasteiger partial charge in [0.05, 0.1) is 24.2 Å². The van der Waals surface area contributed by atoms with Crippen LogP contribution in [0.4, 0.5) is 0 Å². The van der Waals surface area contributed by atoms with Crippen LogP contribution in [0.3, 0.4) is 0 Å². The Bertz CT molecular complexity index is 536. The van der Waals surface area contributed by atoms with E-state index >= 15 is 0 Å². The first-order valence-corrected chi connectivity index (χ1v) is 6.73. The Labute approximate surface area is 110 Å². The van der Waals surface area contributed by atoms with Gasteiger partial charge in [0.25, 0.3) is 0 Å². The normalized spacial score (nSPS) is 10.6. The predicted molar refractivity (Wildman–Crippen MR) is 73.1 cm³/mol. The molecule has 0 saturated heterocycles. The molecule has 0 radical (unpaired) electrons. The highest BCUT2D eigenvalue weighted by molar-refractivity contribution is 7.13. The minimum absolute atomic E-state index is 0.448. The number of hydrogen-bond donors (Lipinski definition) is 0. The Morgan fingerprint density at radius 3 is 2.71 bits per heavy atom. The van der Waals surface area contributed by atoms with Crippen molar-refractivity contribution in [3.63, 3.8) is 0 Å². The molecule has 0 aliphatic rings. The summed E-state index contributed by atoms with van der Waals surface area (Å²) in [4.78, 5) is 4.50. The zero-order chi connectivity index (χ0) is 12.4. The maximum absolute atomic E-state index is 5.78. The molecule has 0 unspecified atom stereocenters. The van der Waals surface area contributed by atoms with Gasteiger partial charge in [0, 0.05) is 5.38 Å². The number of aromatic nitrogens is 1. The van der Waals surface area contributed by atoms with E-state index in [9.17, 15) is 0 Å². The van der Waals surface area contributed by atoms with Crippen molar-refractivity contribution in [1.82, 2.24) is 4.98 Å². The summed E-state index contributed by atoms with van der Waals surface area (Å²) in [7, 11) is 1.69. The van der Waals surface area contributed by atoms with Crippen molar-refractivity contribution in [2.75, 3.05) is 7.11 Å². The molecule has 1 aromatic heterocycles. The van der Waals surface area contributed by atoms with Crippen LogP contribution in [0.15, 0.2) is 17.5 Å². The number of thiazole rings is 1. The number of halogens is 1. The molecule has 2 rings (SSSR count). The first-order chi connectivity index (χ1) is 8.15. The fourth-order valence-electron chi connectivity index (χ4n) is 1.88. The van der Waals surface area contributed by atoms with Crippen LogP contribution < -0.4 is 4.74 Å². The number of nitrogens with zero attached hydrogens (tertiary/aromatic N) is 1. The number of ether oxygens (including phenoxy) is 1. The van der Waals surface area contributed by atoms with Gasteiger partial charge < -0.3 is 4.74 Å². The number of hydrogen-bond acceptors (Lipinski definition) is 3. The molecule has 17 heavy (non-hydrogen) atoms. The highest BCUT2D eigenvalue weighted by atomic mass is 35.5. The van der Waals surface area contributed by atoms with Crippen LogP contribution in [0.2, 0.25) is 0 Å². The summed E-state index contributed by atoms with van der Waals surface area (Å²) in [6.45, 7) is 4.12. The number of methoxy groups -OCH3 is 1.